The van der Waals surface area contributed by atoms with Crippen molar-refractivity contribution in [1.29, 1.82) is 0 Å². The summed E-state index contributed by atoms with van der Waals surface area (Å²) in [6, 6.07) is 0.181. The lowest BCUT2D eigenvalue weighted by Crippen LogP contribution is -2.21. The van der Waals surface area contributed by atoms with Gasteiger partial charge in [0.2, 0.25) is 0 Å². The Morgan fingerprint density at radius 2 is 2.12 bits per heavy atom. The van der Waals surface area contributed by atoms with E-state index in [1.807, 2.05) is 13.8 Å². The average Bonchev–Trinajstić information content (AvgIpc) is 1.61. The van der Waals surface area contributed by atoms with E-state index in [4.69, 9.17) is 10.5 Å². The summed E-state index contributed by atoms with van der Waals surface area (Å²) in [5.74, 6) is 0. The Labute approximate surface area is 56.8 Å². The van der Waals surface area contributed by atoms with E-state index in [9.17, 15) is 0 Å². The van der Waals surface area contributed by atoms with Gasteiger partial charge in [-0.25, -0.2) is 0 Å². The third-order valence-electron chi connectivity index (χ3n) is 0.585. The van der Waals surface area contributed by atoms with Crippen molar-refractivity contribution in [2.75, 3.05) is 13.2 Å². The van der Waals surface area contributed by atoms with Gasteiger partial charge in [-0.3, -0.25) is 0 Å². The molecule has 3 heteroatoms. The molecule has 0 aliphatic heterocycles. The first-order chi connectivity index (χ1) is 3.27. The van der Waals surface area contributed by atoms with Gasteiger partial charge < -0.3 is 10.5 Å². The Bertz CT molecular complexity index is 41.4. The molecule has 0 bridgehead atoms. The molecule has 0 rings (SSSR count). The van der Waals surface area contributed by atoms with Gasteiger partial charge >= 0.3 is 0 Å². The van der Waals surface area contributed by atoms with E-state index < -0.39 is 0 Å². The summed E-state index contributed by atoms with van der Waals surface area (Å²) in [5, 5.41) is 0. The molecule has 2 nitrogen and oxygen atoms in total. The van der Waals surface area contributed by atoms with Gasteiger partial charge in [0, 0.05) is 12.6 Å². The molecule has 0 amide bonds. The summed E-state index contributed by atoms with van der Waals surface area (Å²) in [5.41, 5.74) is 5.35. The molecule has 1 atom stereocenters. The molecule has 0 aliphatic carbocycles. The van der Waals surface area contributed by atoms with Gasteiger partial charge in [-0.1, -0.05) is 0 Å². The van der Waals surface area contributed by atoms with E-state index in [-0.39, 0.29) is 18.4 Å². The lowest BCUT2D eigenvalue weighted by atomic mass is 10.4. The maximum absolute atomic E-state index is 5.35. The number of halogens is 1. The van der Waals surface area contributed by atoms with Crippen molar-refractivity contribution < 1.29 is 4.74 Å². The maximum Gasteiger partial charge on any atom is 0.0614 e. The van der Waals surface area contributed by atoms with Crippen molar-refractivity contribution in [3.63, 3.8) is 0 Å². The minimum Gasteiger partial charge on any atom is -0.380 e. The summed E-state index contributed by atoms with van der Waals surface area (Å²) in [6.45, 7) is 5.33. The average molecular weight is 140 g/mol. The van der Waals surface area contributed by atoms with Crippen LogP contribution in [0.4, 0.5) is 0 Å². The van der Waals surface area contributed by atoms with Crippen molar-refractivity contribution in [2.45, 2.75) is 19.9 Å². The molecule has 0 radical (unpaired) electrons. The zero-order valence-corrected chi connectivity index (χ0v) is 6.20. The molecule has 52 valence electrons. The Hall–Kier alpha value is 0.210. The van der Waals surface area contributed by atoms with Crippen LogP contribution in [0.15, 0.2) is 0 Å². The van der Waals surface area contributed by atoms with Gasteiger partial charge in [-0.2, -0.15) is 0 Å². The molecule has 2 N–H and O–H groups in total. The first-order valence-corrected chi connectivity index (χ1v) is 2.60. The molecular formula is C5H14ClNO. The predicted octanol–water partition coefficient (Wildman–Crippen LogP) is 0.792. The third kappa shape index (κ3) is 9.51. The standard InChI is InChI=1S/C5H13NO.ClH/c1-3-7-4-5(2)6;/h5H,3-4,6H2,1-2H3;1H/t5-;/m1./s1. The van der Waals surface area contributed by atoms with Crippen LogP contribution in [-0.4, -0.2) is 19.3 Å². The summed E-state index contributed by atoms with van der Waals surface area (Å²) in [4.78, 5) is 0. The third-order valence-corrected chi connectivity index (χ3v) is 0.585. The summed E-state index contributed by atoms with van der Waals surface area (Å²) in [7, 11) is 0. The molecule has 8 heavy (non-hydrogen) atoms. The van der Waals surface area contributed by atoms with Crippen molar-refractivity contribution >= 4 is 12.4 Å². The number of hydrogen-bond donors (Lipinski definition) is 1. The molecule has 0 aliphatic rings. The second kappa shape index (κ2) is 7.21. The summed E-state index contributed by atoms with van der Waals surface area (Å²) >= 11 is 0. The quantitative estimate of drug-likeness (QED) is 0.628. The maximum atomic E-state index is 5.35. The SMILES string of the molecule is CCOC[C@@H](C)N.Cl. The van der Waals surface area contributed by atoms with E-state index in [1.54, 1.807) is 0 Å². The Balaban J connectivity index is 0. The summed E-state index contributed by atoms with van der Waals surface area (Å²) in [6.07, 6.45) is 0. The molecule has 0 saturated heterocycles. The van der Waals surface area contributed by atoms with Crippen LogP contribution in [0.5, 0.6) is 0 Å². The highest BCUT2D eigenvalue weighted by Gasteiger charge is 1.88. The van der Waals surface area contributed by atoms with Crippen molar-refractivity contribution in [1.82, 2.24) is 0 Å². The Morgan fingerprint density at radius 3 is 2.25 bits per heavy atom. The molecule has 0 unspecified atom stereocenters. The lowest BCUT2D eigenvalue weighted by molar-refractivity contribution is 0.137. The van der Waals surface area contributed by atoms with Gasteiger partial charge in [0.25, 0.3) is 0 Å². The van der Waals surface area contributed by atoms with Crippen molar-refractivity contribution in [3.05, 3.63) is 0 Å². The van der Waals surface area contributed by atoms with Gasteiger partial charge in [-0.05, 0) is 13.8 Å². The van der Waals surface area contributed by atoms with Crippen LogP contribution in [0, 0.1) is 0 Å². The Morgan fingerprint density at radius 1 is 1.62 bits per heavy atom. The van der Waals surface area contributed by atoms with Crippen LogP contribution in [0.2, 0.25) is 0 Å². The summed E-state index contributed by atoms with van der Waals surface area (Å²) < 4.78 is 4.97. The van der Waals surface area contributed by atoms with Crippen LogP contribution in [0.25, 0.3) is 0 Å². The highest BCUT2D eigenvalue weighted by atomic mass is 35.5. The zero-order valence-electron chi connectivity index (χ0n) is 5.39. The van der Waals surface area contributed by atoms with Crippen LogP contribution >= 0.6 is 12.4 Å². The number of nitrogens with two attached hydrogens (primary N) is 1. The van der Waals surface area contributed by atoms with E-state index in [2.05, 4.69) is 0 Å². The Kier molecular flexibility index (Phi) is 9.97. The van der Waals surface area contributed by atoms with Crippen LogP contribution in [0.1, 0.15) is 13.8 Å². The fourth-order valence-electron chi connectivity index (χ4n) is 0.304. The van der Waals surface area contributed by atoms with E-state index >= 15 is 0 Å². The molecule has 0 heterocycles. The van der Waals surface area contributed by atoms with Gasteiger partial charge in [0.1, 0.15) is 0 Å². The van der Waals surface area contributed by atoms with Gasteiger partial charge in [0.15, 0.2) is 0 Å². The minimum absolute atomic E-state index is 0. The fraction of sp³-hybridized carbons (Fsp3) is 1.00. The predicted molar refractivity (Wildman–Crippen MR) is 37.4 cm³/mol. The lowest BCUT2D eigenvalue weighted by Gasteiger charge is -2.01. The molecular weight excluding hydrogens is 126 g/mol. The molecule has 0 aromatic heterocycles. The molecule has 0 aromatic rings. The molecule has 0 aromatic carbocycles. The monoisotopic (exact) mass is 139 g/mol. The highest BCUT2D eigenvalue weighted by molar-refractivity contribution is 5.85. The number of rotatable bonds is 3. The molecule has 0 saturated carbocycles. The highest BCUT2D eigenvalue weighted by Crippen LogP contribution is 1.76. The topological polar surface area (TPSA) is 35.2 Å². The van der Waals surface area contributed by atoms with Crippen molar-refractivity contribution in [2.24, 2.45) is 5.73 Å². The minimum atomic E-state index is 0. The largest absolute Gasteiger partial charge is 0.380 e. The zero-order chi connectivity index (χ0) is 5.70. The van der Waals surface area contributed by atoms with Crippen LogP contribution in [-0.2, 0) is 4.74 Å². The van der Waals surface area contributed by atoms with Gasteiger partial charge in [0.05, 0.1) is 6.61 Å². The second-order valence-corrected chi connectivity index (χ2v) is 1.64. The van der Waals surface area contributed by atoms with Crippen molar-refractivity contribution in [3.8, 4) is 0 Å². The number of hydrogen-bond acceptors (Lipinski definition) is 2. The van der Waals surface area contributed by atoms with E-state index in [0.29, 0.717) is 6.61 Å². The number of ether oxygens (including phenoxy) is 1. The van der Waals surface area contributed by atoms with E-state index in [0.717, 1.165) is 6.61 Å². The normalized spacial score (nSPS) is 12.4. The van der Waals surface area contributed by atoms with E-state index in [1.165, 1.54) is 0 Å². The first-order valence-electron chi connectivity index (χ1n) is 2.60. The van der Waals surface area contributed by atoms with Crippen LogP contribution in [0.3, 0.4) is 0 Å². The molecule has 0 fully saturated rings. The first kappa shape index (κ1) is 11.1. The smallest absolute Gasteiger partial charge is 0.0614 e. The fourth-order valence-corrected chi connectivity index (χ4v) is 0.304. The molecule has 0 spiro atoms. The van der Waals surface area contributed by atoms with Gasteiger partial charge in [-0.15, -0.1) is 12.4 Å². The van der Waals surface area contributed by atoms with Crippen LogP contribution < -0.4 is 5.73 Å². The second-order valence-electron chi connectivity index (χ2n) is 1.64.